The molecular weight excluding hydrogens is 365 g/mol. The molecule has 1 aromatic carbocycles. The van der Waals surface area contributed by atoms with Gasteiger partial charge in [0.25, 0.3) is 5.91 Å². The van der Waals surface area contributed by atoms with Gasteiger partial charge in [0.2, 0.25) is 0 Å². The lowest BCUT2D eigenvalue weighted by Crippen LogP contribution is -2.31. The van der Waals surface area contributed by atoms with Gasteiger partial charge in [-0.25, -0.2) is 4.39 Å². The molecule has 1 aromatic rings. The van der Waals surface area contributed by atoms with Crippen LogP contribution >= 0.6 is 39.9 Å². The number of carbonyl (C=O) groups is 1. The second-order valence-corrected chi connectivity index (χ2v) is 6.58. The Bertz CT molecular complexity index is 592. The summed E-state index contributed by atoms with van der Waals surface area (Å²) in [6.07, 6.45) is 1.52. The highest BCUT2D eigenvalue weighted by Crippen LogP contribution is 2.33. The van der Waals surface area contributed by atoms with E-state index >= 15 is 0 Å². The molecule has 3 nitrogen and oxygen atoms in total. The van der Waals surface area contributed by atoms with E-state index in [1.807, 2.05) is 0 Å². The number of amides is 1. The third kappa shape index (κ3) is 3.46. The molecule has 1 fully saturated rings. The molecule has 106 valence electrons. The molecule has 20 heavy (non-hydrogen) atoms. The molecule has 1 saturated heterocycles. The number of thiocarbonyl (C=S) groups is 1. The van der Waals surface area contributed by atoms with Crippen LogP contribution in [0.4, 0.5) is 4.39 Å². The summed E-state index contributed by atoms with van der Waals surface area (Å²) in [7, 11) is 1.56. The van der Waals surface area contributed by atoms with Gasteiger partial charge < -0.3 is 4.74 Å². The minimum atomic E-state index is -0.379. The average molecular weight is 376 g/mol. The molecule has 1 aliphatic heterocycles. The highest BCUT2D eigenvalue weighted by atomic mass is 79.9. The van der Waals surface area contributed by atoms with Crippen molar-refractivity contribution in [1.82, 2.24) is 4.90 Å². The second-order valence-electron chi connectivity index (χ2n) is 3.99. The fraction of sp³-hybridized carbons (Fsp3) is 0.231. The highest BCUT2D eigenvalue weighted by molar-refractivity contribution is 9.10. The summed E-state index contributed by atoms with van der Waals surface area (Å²) in [4.78, 5) is 14.1. The van der Waals surface area contributed by atoms with Crippen LogP contribution in [0.2, 0.25) is 0 Å². The number of halogens is 2. The highest BCUT2D eigenvalue weighted by Gasteiger charge is 2.31. The fourth-order valence-corrected chi connectivity index (χ4v) is 3.32. The van der Waals surface area contributed by atoms with Gasteiger partial charge in [-0.05, 0) is 24.3 Å². The molecule has 0 aromatic heterocycles. The summed E-state index contributed by atoms with van der Waals surface area (Å²) in [5, 5.41) is 0. The Labute approximate surface area is 134 Å². The molecule has 0 aliphatic carbocycles. The van der Waals surface area contributed by atoms with Crippen LogP contribution in [0.3, 0.4) is 0 Å². The number of rotatable bonds is 4. The normalized spacial score (nSPS) is 17.4. The Kier molecular flexibility index (Phi) is 5.31. The van der Waals surface area contributed by atoms with Gasteiger partial charge in [0.05, 0.1) is 18.1 Å². The third-order valence-corrected chi connectivity index (χ3v) is 4.51. The lowest BCUT2D eigenvalue weighted by molar-refractivity contribution is -0.122. The van der Waals surface area contributed by atoms with Gasteiger partial charge in [0.1, 0.15) is 10.1 Å². The maximum atomic E-state index is 13.7. The summed E-state index contributed by atoms with van der Waals surface area (Å²) in [5.41, 5.74) is 0.353. The Morgan fingerprint density at radius 3 is 3.00 bits per heavy atom. The second kappa shape index (κ2) is 6.80. The molecule has 0 bridgehead atoms. The Balaban J connectivity index is 2.25. The number of hydrogen-bond acceptors (Lipinski definition) is 4. The smallest absolute Gasteiger partial charge is 0.266 e. The van der Waals surface area contributed by atoms with Crippen LogP contribution in [-0.4, -0.2) is 35.4 Å². The maximum absolute atomic E-state index is 13.7. The Hall–Kier alpha value is -0.760. The van der Waals surface area contributed by atoms with Crippen molar-refractivity contribution in [3.63, 3.8) is 0 Å². The van der Waals surface area contributed by atoms with E-state index in [1.54, 1.807) is 19.2 Å². The van der Waals surface area contributed by atoms with Gasteiger partial charge in [0.15, 0.2) is 0 Å². The first-order chi connectivity index (χ1) is 9.52. The summed E-state index contributed by atoms with van der Waals surface area (Å²) in [6, 6.07) is 4.58. The monoisotopic (exact) mass is 375 g/mol. The molecule has 0 unspecified atom stereocenters. The number of ether oxygens (including phenoxy) is 1. The summed E-state index contributed by atoms with van der Waals surface area (Å²) >= 11 is 9.60. The number of benzene rings is 1. The molecule has 1 aliphatic rings. The maximum Gasteiger partial charge on any atom is 0.266 e. The quantitative estimate of drug-likeness (QED) is 0.595. The van der Waals surface area contributed by atoms with E-state index in [2.05, 4.69) is 15.9 Å². The molecule has 0 spiro atoms. The Morgan fingerprint density at radius 1 is 1.55 bits per heavy atom. The van der Waals surface area contributed by atoms with Gasteiger partial charge in [0, 0.05) is 17.1 Å². The van der Waals surface area contributed by atoms with Crippen LogP contribution in [0.1, 0.15) is 5.56 Å². The molecule has 0 saturated carbocycles. The SMILES string of the molecule is COCCN1C(=O)/C(=C/c2cc(Br)ccc2F)SC1=S. The summed E-state index contributed by atoms with van der Waals surface area (Å²) < 4.78 is 19.9. The van der Waals surface area contributed by atoms with Gasteiger partial charge in [-0.1, -0.05) is 39.9 Å². The topological polar surface area (TPSA) is 29.5 Å². The predicted molar refractivity (Wildman–Crippen MR) is 85.9 cm³/mol. The van der Waals surface area contributed by atoms with Crippen molar-refractivity contribution in [2.24, 2.45) is 0 Å². The summed E-state index contributed by atoms with van der Waals surface area (Å²) in [5.74, 6) is -0.591. The van der Waals surface area contributed by atoms with E-state index in [0.29, 0.717) is 27.9 Å². The van der Waals surface area contributed by atoms with E-state index in [0.717, 1.165) is 4.47 Å². The van der Waals surface area contributed by atoms with E-state index in [1.165, 1.54) is 28.8 Å². The van der Waals surface area contributed by atoms with Crippen molar-refractivity contribution < 1.29 is 13.9 Å². The van der Waals surface area contributed by atoms with E-state index < -0.39 is 0 Å². The summed E-state index contributed by atoms with van der Waals surface area (Å²) in [6.45, 7) is 0.810. The van der Waals surface area contributed by atoms with E-state index in [4.69, 9.17) is 17.0 Å². The first-order valence-electron chi connectivity index (χ1n) is 5.72. The van der Waals surface area contributed by atoms with Gasteiger partial charge in [-0.15, -0.1) is 0 Å². The number of hydrogen-bond donors (Lipinski definition) is 0. The van der Waals surface area contributed by atoms with Crippen molar-refractivity contribution in [3.05, 3.63) is 39.0 Å². The van der Waals surface area contributed by atoms with E-state index in [9.17, 15) is 9.18 Å². The number of nitrogens with zero attached hydrogens (tertiary/aromatic N) is 1. The standard InChI is InChI=1S/C13H11BrFNO2S2/c1-18-5-4-16-12(17)11(20-13(16)19)7-8-6-9(14)2-3-10(8)15/h2-3,6-7H,4-5H2,1H3/b11-7-. The molecule has 1 heterocycles. The zero-order valence-corrected chi connectivity index (χ0v) is 13.8. The predicted octanol–water partition coefficient (Wildman–Crippen LogP) is 3.44. The molecule has 7 heteroatoms. The molecule has 2 rings (SSSR count). The van der Waals surface area contributed by atoms with Crippen LogP contribution in [0.15, 0.2) is 27.6 Å². The lowest BCUT2D eigenvalue weighted by atomic mass is 10.2. The van der Waals surface area contributed by atoms with Gasteiger partial charge in [-0.2, -0.15) is 0 Å². The van der Waals surface area contributed by atoms with Crippen molar-refractivity contribution in [2.75, 3.05) is 20.3 Å². The molecule has 0 atom stereocenters. The minimum absolute atomic E-state index is 0.212. The van der Waals surface area contributed by atoms with Gasteiger partial charge >= 0.3 is 0 Å². The van der Waals surface area contributed by atoms with Crippen molar-refractivity contribution in [1.29, 1.82) is 0 Å². The number of thioether (sulfide) groups is 1. The molecule has 1 amide bonds. The van der Waals surface area contributed by atoms with Crippen molar-refractivity contribution in [3.8, 4) is 0 Å². The first-order valence-corrected chi connectivity index (χ1v) is 7.74. The lowest BCUT2D eigenvalue weighted by Gasteiger charge is -2.12. The van der Waals surface area contributed by atoms with Crippen LogP contribution in [0, 0.1) is 5.82 Å². The van der Waals surface area contributed by atoms with Crippen LogP contribution in [-0.2, 0) is 9.53 Å². The number of carbonyl (C=O) groups excluding carboxylic acids is 1. The van der Waals surface area contributed by atoms with Gasteiger partial charge in [-0.3, -0.25) is 9.69 Å². The first kappa shape index (κ1) is 15.6. The zero-order chi connectivity index (χ0) is 14.7. The number of methoxy groups -OCH3 is 1. The minimum Gasteiger partial charge on any atom is -0.383 e. The van der Waals surface area contributed by atoms with Crippen LogP contribution in [0.5, 0.6) is 0 Å². The molecule has 0 radical (unpaired) electrons. The Morgan fingerprint density at radius 2 is 2.30 bits per heavy atom. The third-order valence-electron chi connectivity index (χ3n) is 2.64. The fourth-order valence-electron chi connectivity index (χ4n) is 1.64. The van der Waals surface area contributed by atoms with Crippen molar-refractivity contribution in [2.45, 2.75) is 0 Å². The molecule has 0 N–H and O–H groups in total. The zero-order valence-electron chi connectivity index (χ0n) is 10.6. The van der Waals surface area contributed by atoms with Crippen LogP contribution in [0.25, 0.3) is 6.08 Å². The largest absolute Gasteiger partial charge is 0.383 e. The average Bonchev–Trinajstić information content (AvgIpc) is 2.67. The van der Waals surface area contributed by atoms with Crippen LogP contribution < -0.4 is 0 Å². The van der Waals surface area contributed by atoms with E-state index in [-0.39, 0.29) is 11.7 Å². The molecular formula is C13H11BrFNO2S2. The van der Waals surface area contributed by atoms with Crippen molar-refractivity contribution >= 4 is 56.2 Å².